The SMILES string of the molecule is Cc1ccc2[nH]c(-c3cnncc3CN)cc2c1. The largest absolute Gasteiger partial charge is 0.354 e. The molecule has 0 saturated carbocycles. The molecule has 4 nitrogen and oxygen atoms in total. The molecule has 3 rings (SSSR count). The minimum Gasteiger partial charge on any atom is -0.354 e. The van der Waals surface area contributed by atoms with Gasteiger partial charge in [-0.3, -0.25) is 0 Å². The van der Waals surface area contributed by atoms with E-state index in [1.807, 2.05) is 0 Å². The quantitative estimate of drug-likeness (QED) is 0.720. The monoisotopic (exact) mass is 238 g/mol. The average molecular weight is 238 g/mol. The van der Waals surface area contributed by atoms with Gasteiger partial charge in [-0.15, -0.1) is 0 Å². The minimum atomic E-state index is 0.458. The van der Waals surface area contributed by atoms with Crippen molar-refractivity contribution in [1.82, 2.24) is 15.2 Å². The Morgan fingerprint density at radius 3 is 2.83 bits per heavy atom. The van der Waals surface area contributed by atoms with E-state index in [1.54, 1.807) is 12.4 Å². The molecule has 3 aromatic rings. The molecule has 0 aliphatic heterocycles. The van der Waals surface area contributed by atoms with Crippen LogP contribution in [0.4, 0.5) is 0 Å². The van der Waals surface area contributed by atoms with Crippen LogP contribution in [-0.2, 0) is 6.54 Å². The smallest absolute Gasteiger partial charge is 0.0592 e. The molecule has 2 aromatic heterocycles. The number of H-pyrrole nitrogens is 1. The van der Waals surface area contributed by atoms with Gasteiger partial charge in [0.05, 0.1) is 12.4 Å². The van der Waals surface area contributed by atoms with Crippen molar-refractivity contribution in [2.24, 2.45) is 5.73 Å². The van der Waals surface area contributed by atoms with Gasteiger partial charge in [-0.1, -0.05) is 11.6 Å². The molecule has 4 heteroatoms. The predicted molar refractivity (Wildman–Crippen MR) is 72.0 cm³/mol. The summed E-state index contributed by atoms with van der Waals surface area (Å²) >= 11 is 0. The van der Waals surface area contributed by atoms with E-state index in [0.717, 1.165) is 22.3 Å². The van der Waals surface area contributed by atoms with Crippen LogP contribution < -0.4 is 5.73 Å². The first-order chi connectivity index (χ1) is 8.78. The molecule has 0 radical (unpaired) electrons. The lowest BCUT2D eigenvalue weighted by Crippen LogP contribution is -2.00. The first kappa shape index (κ1) is 10.9. The molecule has 3 N–H and O–H groups in total. The van der Waals surface area contributed by atoms with Gasteiger partial charge < -0.3 is 10.7 Å². The summed E-state index contributed by atoms with van der Waals surface area (Å²) in [5.41, 5.74) is 11.1. The van der Waals surface area contributed by atoms with Gasteiger partial charge in [-0.25, -0.2) is 0 Å². The molecule has 1 aromatic carbocycles. The molecule has 0 unspecified atom stereocenters. The molecule has 0 amide bonds. The Balaban J connectivity index is 2.19. The van der Waals surface area contributed by atoms with Crippen molar-refractivity contribution in [3.63, 3.8) is 0 Å². The summed E-state index contributed by atoms with van der Waals surface area (Å²) in [5, 5.41) is 9.00. The molecule has 18 heavy (non-hydrogen) atoms. The van der Waals surface area contributed by atoms with Crippen LogP contribution in [0.1, 0.15) is 11.1 Å². The van der Waals surface area contributed by atoms with Gasteiger partial charge in [0.15, 0.2) is 0 Å². The molecular formula is C14H14N4. The van der Waals surface area contributed by atoms with Gasteiger partial charge in [0.25, 0.3) is 0 Å². The highest BCUT2D eigenvalue weighted by atomic mass is 15.1. The van der Waals surface area contributed by atoms with Crippen LogP contribution in [0.2, 0.25) is 0 Å². The maximum atomic E-state index is 5.72. The lowest BCUT2D eigenvalue weighted by molar-refractivity contribution is 0.968. The van der Waals surface area contributed by atoms with Crippen molar-refractivity contribution in [2.45, 2.75) is 13.5 Å². The first-order valence-electron chi connectivity index (χ1n) is 5.87. The first-order valence-corrected chi connectivity index (χ1v) is 5.87. The Hall–Kier alpha value is -2.20. The lowest BCUT2D eigenvalue weighted by atomic mass is 10.1. The summed E-state index contributed by atoms with van der Waals surface area (Å²) in [6, 6.07) is 8.47. The number of hydrogen-bond acceptors (Lipinski definition) is 3. The van der Waals surface area contributed by atoms with E-state index in [9.17, 15) is 0 Å². The van der Waals surface area contributed by atoms with Gasteiger partial charge in [0, 0.05) is 28.7 Å². The summed E-state index contributed by atoms with van der Waals surface area (Å²) in [7, 11) is 0. The van der Waals surface area contributed by atoms with Crippen LogP contribution in [0.3, 0.4) is 0 Å². The zero-order chi connectivity index (χ0) is 12.5. The van der Waals surface area contributed by atoms with Crippen molar-refractivity contribution in [3.8, 4) is 11.3 Å². The van der Waals surface area contributed by atoms with E-state index in [1.165, 1.54) is 10.9 Å². The highest BCUT2D eigenvalue weighted by molar-refractivity contribution is 5.86. The fourth-order valence-corrected chi connectivity index (χ4v) is 2.15. The highest BCUT2D eigenvalue weighted by Gasteiger charge is 2.08. The molecule has 0 aliphatic rings. The van der Waals surface area contributed by atoms with Gasteiger partial charge >= 0.3 is 0 Å². The van der Waals surface area contributed by atoms with Gasteiger partial charge in [-0.2, -0.15) is 10.2 Å². The summed E-state index contributed by atoms with van der Waals surface area (Å²) in [4.78, 5) is 3.39. The molecule has 0 fully saturated rings. The second kappa shape index (κ2) is 4.23. The third-order valence-corrected chi connectivity index (χ3v) is 3.10. The zero-order valence-corrected chi connectivity index (χ0v) is 10.1. The van der Waals surface area contributed by atoms with E-state index in [2.05, 4.69) is 46.4 Å². The molecular weight excluding hydrogens is 224 g/mol. The van der Waals surface area contributed by atoms with Crippen LogP contribution in [-0.4, -0.2) is 15.2 Å². The van der Waals surface area contributed by atoms with Gasteiger partial charge in [-0.05, 0) is 30.7 Å². The van der Waals surface area contributed by atoms with E-state index in [-0.39, 0.29) is 0 Å². The summed E-state index contributed by atoms with van der Waals surface area (Å²) in [5.74, 6) is 0. The fourth-order valence-electron chi connectivity index (χ4n) is 2.15. The normalized spacial score (nSPS) is 11.0. The van der Waals surface area contributed by atoms with Crippen molar-refractivity contribution >= 4 is 10.9 Å². The maximum absolute atomic E-state index is 5.72. The standard InChI is InChI=1S/C14H14N4/c1-9-2-3-13-10(4-9)5-14(18-13)12-8-17-16-7-11(12)6-15/h2-5,7-8,18H,6,15H2,1H3. The van der Waals surface area contributed by atoms with E-state index >= 15 is 0 Å². The molecule has 2 heterocycles. The summed E-state index contributed by atoms with van der Waals surface area (Å²) in [6.07, 6.45) is 3.46. The number of aromatic nitrogens is 3. The van der Waals surface area contributed by atoms with E-state index < -0.39 is 0 Å². The number of rotatable bonds is 2. The number of nitrogens with zero attached hydrogens (tertiary/aromatic N) is 2. The lowest BCUT2D eigenvalue weighted by Gasteiger charge is -2.02. The molecule has 0 aliphatic carbocycles. The predicted octanol–water partition coefficient (Wildman–Crippen LogP) is 2.39. The third kappa shape index (κ3) is 1.76. The second-order valence-electron chi connectivity index (χ2n) is 4.41. The van der Waals surface area contributed by atoms with E-state index in [4.69, 9.17) is 5.73 Å². The van der Waals surface area contributed by atoms with Crippen LogP contribution in [0.15, 0.2) is 36.7 Å². The number of fused-ring (bicyclic) bond motifs is 1. The molecule has 0 saturated heterocycles. The molecule has 90 valence electrons. The van der Waals surface area contributed by atoms with E-state index in [0.29, 0.717) is 6.54 Å². The molecule has 0 atom stereocenters. The Morgan fingerprint density at radius 2 is 2.00 bits per heavy atom. The number of benzene rings is 1. The van der Waals surface area contributed by atoms with Crippen molar-refractivity contribution in [3.05, 3.63) is 47.8 Å². The summed E-state index contributed by atoms with van der Waals surface area (Å²) < 4.78 is 0. The molecule has 0 spiro atoms. The average Bonchev–Trinajstić information content (AvgIpc) is 2.81. The van der Waals surface area contributed by atoms with Gasteiger partial charge in [0.1, 0.15) is 0 Å². The number of hydrogen-bond donors (Lipinski definition) is 2. The van der Waals surface area contributed by atoms with Crippen LogP contribution in [0.25, 0.3) is 22.2 Å². The number of nitrogens with two attached hydrogens (primary N) is 1. The zero-order valence-electron chi connectivity index (χ0n) is 10.1. The van der Waals surface area contributed by atoms with Crippen molar-refractivity contribution in [1.29, 1.82) is 0 Å². The number of aromatic amines is 1. The fraction of sp³-hybridized carbons (Fsp3) is 0.143. The Bertz CT molecular complexity index is 700. The number of aryl methyl sites for hydroxylation is 1. The van der Waals surface area contributed by atoms with Crippen LogP contribution in [0, 0.1) is 6.92 Å². The topological polar surface area (TPSA) is 67.6 Å². The van der Waals surface area contributed by atoms with Crippen molar-refractivity contribution in [2.75, 3.05) is 0 Å². The Morgan fingerprint density at radius 1 is 1.17 bits per heavy atom. The summed E-state index contributed by atoms with van der Waals surface area (Å²) in [6.45, 7) is 2.55. The number of nitrogens with one attached hydrogen (secondary N) is 1. The van der Waals surface area contributed by atoms with Crippen LogP contribution in [0.5, 0.6) is 0 Å². The highest BCUT2D eigenvalue weighted by Crippen LogP contribution is 2.26. The Kier molecular flexibility index (Phi) is 2.57. The minimum absolute atomic E-state index is 0.458. The second-order valence-corrected chi connectivity index (χ2v) is 4.41. The van der Waals surface area contributed by atoms with Gasteiger partial charge in [0.2, 0.25) is 0 Å². The van der Waals surface area contributed by atoms with Crippen molar-refractivity contribution < 1.29 is 0 Å². The Labute approximate surface area is 105 Å². The molecule has 0 bridgehead atoms. The maximum Gasteiger partial charge on any atom is 0.0592 e. The third-order valence-electron chi connectivity index (χ3n) is 3.10. The van der Waals surface area contributed by atoms with Crippen LogP contribution >= 0.6 is 0 Å².